The number of nitrogens with two attached hydrogens (primary N) is 1. The summed E-state index contributed by atoms with van der Waals surface area (Å²) in [4.78, 5) is 0.351. The normalized spacial score (nSPS) is 18.0. The van der Waals surface area contributed by atoms with Crippen LogP contribution in [0.5, 0.6) is 0 Å². The zero-order chi connectivity index (χ0) is 13.3. The molecular weight excluding hydrogens is 248 g/mol. The van der Waals surface area contributed by atoms with Gasteiger partial charge in [-0.15, -0.1) is 0 Å². The summed E-state index contributed by atoms with van der Waals surface area (Å²) < 4.78 is 26.4. The highest BCUT2D eigenvalue weighted by Gasteiger charge is 2.38. The van der Waals surface area contributed by atoms with Gasteiger partial charge in [-0.3, -0.25) is 0 Å². The molecule has 0 saturated heterocycles. The number of hydrogen-bond acceptors (Lipinski definition) is 3. The minimum Gasteiger partial charge on any atom is -0.329 e. The average molecular weight is 268 g/mol. The zero-order valence-electron chi connectivity index (χ0n) is 10.8. The van der Waals surface area contributed by atoms with Crippen molar-refractivity contribution in [3.05, 3.63) is 29.8 Å². The van der Waals surface area contributed by atoms with Crippen LogP contribution in [0.1, 0.15) is 18.4 Å². The second-order valence-corrected chi connectivity index (χ2v) is 6.98. The minimum absolute atomic E-state index is 0.0736. The molecule has 0 aliphatic heterocycles. The number of nitrogens with zero attached hydrogens (tertiary/aromatic N) is 1. The zero-order valence-corrected chi connectivity index (χ0v) is 11.7. The van der Waals surface area contributed by atoms with Crippen LogP contribution in [0, 0.1) is 12.8 Å². The first kappa shape index (κ1) is 13.5. The summed E-state index contributed by atoms with van der Waals surface area (Å²) in [6.07, 6.45) is 2.16. The Labute approximate surface area is 109 Å². The third-order valence-corrected chi connectivity index (χ3v) is 5.42. The maximum Gasteiger partial charge on any atom is 0.243 e. The number of aryl methyl sites for hydroxylation is 1. The standard InChI is InChI=1S/C13H20N2O2S/c1-10-4-3-5-12(8-10)18(16,17)15(2)13(9-14)11-6-7-11/h3-5,8,11,13H,6-7,9,14H2,1-2H3. The van der Waals surface area contributed by atoms with Gasteiger partial charge in [0.15, 0.2) is 0 Å². The molecule has 2 N–H and O–H groups in total. The van der Waals surface area contributed by atoms with Crippen molar-refractivity contribution >= 4 is 10.0 Å². The fraction of sp³-hybridized carbons (Fsp3) is 0.538. The maximum absolute atomic E-state index is 12.5. The third kappa shape index (κ3) is 2.58. The highest BCUT2D eigenvalue weighted by molar-refractivity contribution is 7.89. The monoisotopic (exact) mass is 268 g/mol. The Balaban J connectivity index is 2.29. The molecular formula is C13H20N2O2S. The van der Waals surface area contributed by atoms with Crippen LogP contribution in [0.4, 0.5) is 0 Å². The van der Waals surface area contributed by atoms with Crippen molar-refractivity contribution in [2.75, 3.05) is 13.6 Å². The van der Waals surface area contributed by atoms with E-state index in [0.29, 0.717) is 17.4 Å². The topological polar surface area (TPSA) is 63.4 Å². The molecule has 1 aliphatic rings. The van der Waals surface area contributed by atoms with Crippen molar-refractivity contribution in [2.45, 2.75) is 30.7 Å². The van der Waals surface area contributed by atoms with Gasteiger partial charge >= 0.3 is 0 Å². The van der Waals surface area contributed by atoms with Gasteiger partial charge in [0.05, 0.1) is 4.90 Å². The molecule has 0 bridgehead atoms. The van der Waals surface area contributed by atoms with Crippen molar-refractivity contribution < 1.29 is 8.42 Å². The van der Waals surface area contributed by atoms with Crippen LogP contribution < -0.4 is 5.73 Å². The van der Waals surface area contributed by atoms with E-state index in [1.165, 1.54) is 4.31 Å². The summed E-state index contributed by atoms with van der Waals surface area (Å²) >= 11 is 0. The quantitative estimate of drug-likeness (QED) is 0.877. The molecule has 0 amide bonds. The second kappa shape index (κ2) is 4.99. The highest BCUT2D eigenvalue weighted by atomic mass is 32.2. The van der Waals surface area contributed by atoms with E-state index in [4.69, 9.17) is 5.73 Å². The summed E-state index contributed by atoms with van der Waals surface area (Å²) in [5, 5.41) is 0. The molecule has 0 heterocycles. The molecule has 4 nitrogen and oxygen atoms in total. The van der Waals surface area contributed by atoms with Crippen molar-refractivity contribution in [1.82, 2.24) is 4.31 Å². The molecule has 1 fully saturated rings. The SMILES string of the molecule is Cc1cccc(S(=O)(=O)N(C)C(CN)C2CC2)c1. The van der Waals surface area contributed by atoms with E-state index >= 15 is 0 Å². The molecule has 1 saturated carbocycles. The first-order valence-corrected chi connectivity index (χ1v) is 7.65. The van der Waals surface area contributed by atoms with E-state index in [1.54, 1.807) is 25.2 Å². The van der Waals surface area contributed by atoms with Crippen LogP contribution in [-0.4, -0.2) is 32.4 Å². The summed E-state index contributed by atoms with van der Waals surface area (Å²) in [6.45, 7) is 2.27. The van der Waals surface area contributed by atoms with Gasteiger partial charge in [0.25, 0.3) is 0 Å². The Morgan fingerprint density at radius 1 is 1.44 bits per heavy atom. The van der Waals surface area contributed by atoms with Crippen molar-refractivity contribution in [2.24, 2.45) is 11.7 Å². The Hall–Kier alpha value is -0.910. The lowest BCUT2D eigenvalue weighted by molar-refractivity contribution is 0.340. The fourth-order valence-electron chi connectivity index (χ4n) is 2.24. The molecule has 18 heavy (non-hydrogen) atoms. The fourth-order valence-corrected chi connectivity index (χ4v) is 3.77. The van der Waals surface area contributed by atoms with E-state index in [-0.39, 0.29) is 6.04 Å². The Bertz CT molecular complexity index is 524. The number of benzene rings is 1. The van der Waals surface area contributed by atoms with E-state index in [1.807, 2.05) is 13.0 Å². The smallest absolute Gasteiger partial charge is 0.243 e. The van der Waals surface area contributed by atoms with Gasteiger partial charge in [-0.2, -0.15) is 4.31 Å². The van der Waals surface area contributed by atoms with E-state index in [2.05, 4.69) is 0 Å². The highest BCUT2D eigenvalue weighted by Crippen LogP contribution is 2.36. The predicted molar refractivity (Wildman–Crippen MR) is 71.7 cm³/mol. The number of likely N-dealkylation sites (N-methyl/N-ethyl adjacent to an activating group) is 1. The van der Waals surface area contributed by atoms with Gasteiger partial charge in [0.1, 0.15) is 0 Å². The molecule has 100 valence electrons. The summed E-state index contributed by atoms with van der Waals surface area (Å²) in [5.41, 5.74) is 6.66. The molecule has 1 aromatic carbocycles. The predicted octanol–water partition coefficient (Wildman–Crippen LogP) is 1.35. The van der Waals surface area contributed by atoms with Gasteiger partial charge in [-0.25, -0.2) is 8.42 Å². The lowest BCUT2D eigenvalue weighted by atomic mass is 10.2. The molecule has 0 radical (unpaired) electrons. The Morgan fingerprint density at radius 2 is 2.11 bits per heavy atom. The van der Waals surface area contributed by atoms with E-state index < -0.39 is 10.0 Å². The van der Waals surface area contributed by atoms with Gasteiger partial charge < -0.3 is 5.73 Å². The first-order valence-electron chi connectivity index (χ1n) is 6.21. The van der Waals surface area contributed by atoms with Gasteiger partial charge in [0, 0.05) is 19.6 Å². The van der Waals surface area contributed by atoms with Gasteiger partial charge in [-0.1, -0.05) is 12.1 Å². The lowest BCUT2D eigenvalue weighted by Gasteiger charge is -2.26. The Morgan fingerprint density at radius 3 is 2.61 bits per heavy atom. The van der Waals surface area contributed by atoms with Crippen LogP contribution >= 0.6 is 0 Å². The van der Waals surface area contributed by atoms with Crippen LogP contribution in [0.3, 0.4) is 0 Å². The van der Waals surface area contributed by atoms with Crippen LogP contribution in [0.2, 0.25) is 0 Å². The minimum atomic E-state index is -3.42. The average Bonchev–Trinajstić information content (AvgIpc) is 3.14. The van der Waals surface area contributed by atoms with Crippen molar-refractivity contribution in [1.29, 1.82) is 0 Å². The number of rotatable bonds is 5. The molecule has 1 atom stereocenters. The summed E-state index contributed by atoms with van der Waals surface area (Å²) in [5.74, 6) is 0.430. The van der Waals surface area contributed by atoms with Gasteiger partial charge in [-0.05, 0) is 43.4 Å². The lowest BCUT2D eigenvalue weighted by Crippen LogP contribution is -2.43. The molecule has 1 unspecified atom stereocenters. The molecule has 0 spiro atoms. The maximum atomic E-state index is 12.5. The Kier molecular flexibility index (Phi) is 3.75. The van der Waals surface area contributed by atoms with Crippen LogP contribution in [0.15, 0.2) is 29.2 Å². The molecule has 0 aromatic heterocycles. The molecule has 2 rings (SSSR count). The van der Waals surface area contributed by atoms with Gasteiger partial charge in [0.2, 0.25) is 10.0 Å². The van der Waals surface area contributed by atoms with Crippen LogP contribution in [0.25, 0.3) is 0 Å². The number of sulfonamides is 1. The largest absolute Gasteiger partial charge is 0.329 e. The summed E-state index contributed by atoms with van der Waals surface area (Å²) in [7, 11) is -1.79. The van der Waals surface area contributed by atoms with E-state index in [9.17, 15) is 8.42 Å². The van der Waals surface area contributed by atoms with Crippen molar-refractivity contribution in [3.8, 4) is 0 Å². The van der Waals surface area contributed by atoms with Crippen LogP contribution in [-0.2, 0) is 10.0 Å². The molecule has 5 heteroatoms. The molecule has 1 aliphatic carbocycles. The van der Waals surface area contributed by atoms with Crippen molar-refractivity contribution in [3.63, 3.8) is 0 Å². The molecule has 1 aromatic rings. The first-order chi connectivity index (χ1) is 8.46. The summed E-state index contributed by atoms with van der Waals surface area (Å²) in [6, 6.07) is 6.92. The second-order valence-electron chi connectivity index (χ2n) is 4.98. The number of hydrogen-bond donors (Lipinski definition) is 1. The third-order valence-electron chi connectivity index (χ3n) is 3.54. The van der Waals surface area contributed by atoms with E-state index in [0.717, 1.165) is 18.4 Å².